The van der Waals surface area contributed by atoms with Gasteiger partial charge in [0.25, 0.3) is 20.2 Å². The molecule has 0 aromatic heterocycles. The highest BCUT2D eigenvalue weighted by Gasteiger charge is 2.28. The summed E-state index contributed by atoms with van der Waals surface area (Å²) in [7, 11) is -10.0. The van der Waals surface area contributed by atoms with Crippen LogP contribution in [0.15, 0.2) is 127 Å². The van der Waals surface area contributed by atoms with E-state index in [1.165, 1.54) is 0 Å². The first-order valence-electron chi connectivity index (χ1n) is 12.8. The molecule has 14 heteroatoms. The lowest BCUT2D eigenvalue weighted by Crippen LogP contribution is -2.03. The molecule has 0 unspecified atom stereocenters. The van der Waals surface area contributed by atoms with Gasteiger partial charge in [-0.2, -0.15) is 16.8 Å². The summed E-state index contributed by atoms with van der Waals surface area (Å²) in [6, 6.07) is 26.6. The maximum Gasteiger partial charge on any atom is 0.296 e. The second-order valence-electron chi connectivity index (χ2n) is 9.65. The van der Waals surface area contributed by atoms with Crippen molar-refractivity contribution in [3.05, 3.63) is 97.1 Å². The summed E-state index contributed by atoms with van der Waals surface area (Å²) in [4.78, 5) is -1.69. The Morgan fingerprint density at radius 3 is 1.48 bits per heavy atom. The number of nitrogens with two attached hydrogens (primary N) is 1. The number of aromatic hydroxyl groups is 1. The van der Waals surface area contributed by atoms with Crippen molar-refractivity contribution in [2.45, 2.75) is 9.79 Å². The van der Waals surface area contributed by atoms with Crippen LogP contribution >= 0.6 is 0 Å². The van der Waals surface area contributed by atoms with E-state index in [1.807, 2.05) is 36.4 Å². The number of fused-ring (bicyclic) bond motifs is 3. The van der Waals surface area contributed by atoms with Crippen molar-refractivity contribution >= 4 is 81.0 Å². The minimum Gasteiger partial charge on any atom is -0.505 e. The molecule has 44 heavy (non-hydrogen) atoms. The van der Waals surface area contributed by atoms with Crippen molar-refractivity contribution in [2.24, 2.45) is 20.5 Å². The third kappa shape index (κ3) is 5.22. The molecule has 0 heterocycles. The Bertz CT molecular complexity index is 2250. The Kier molecular flexibility index (Phi) is 7.05. The quantitative estimate of drug-likeness (QED) is 0.0813. The van der Waals surface area contributed by atoms with Gasteiger partial charge < -0.3 is 10.8 Å². The van der Waals surface area contributed by atoms with Gasteiger partial charge in [-0.3, -0.25) is 9.11 Å². The van der Waals surface area contributed by atoms with Crippen molar-refractivity contribution in [2.75, 3.05) is 5.73 Å². The zero-order valence-corrected chi connectivity index (χ0v) is 24.0. The predicted octanol–water partition coefficient (Wildman–Crippen LogP) is 7.76. The fourth-order valence-electron chi connectivity index (χ4n) is 4.90. The Hall–Kier alpha value is -5.28. The van der Waals surface area contributed by atoms with Crippen LogP contribution in [-0.2, 0) is 20.2 Å². The number of phenolic OH excluding ortho intramolecular Hbond substituents is 1. The number of hydrogen-bond donors (Lipinski definition) is 4. The average molecular weight is 628 g/mol. The van der Waals surface area contributed by atoms with Crippen LogP contribution in [0, 0.1) is 0 Å². The lowest BCUT2D eigenvalue weighted by molar-refractivity contribution is 0.472. The minimum atomic E-state index is -5.04. The van der Waals surface area contributed by atoms with Crippen molar-refractivity contribution in [1.29, 1.82) is 0 Å². The molecule has 0 amide bonds. The number of phenols is 1. The monoisotopic (exact) mass is 627 g/mol. The van der Waals surface area contributed by atoms with Gasteiger partial charge in [-0.15, -0.1) is 20.5 Å². The molecule has 220 valence electrons. The van der Waals surface area contributed by atoms with Crippen LogP contribution in [0.25, 0.3) is 32.3 Å². The smallest absolute Gasteiger partial charge is 0.296 e. The lowest BCUT2D eigenvalue weighted by atomic mass is 10.0. The van der Waals surface area contributed by atoms with Gasteiger partial charge in [0.1, 0.15) is 21.2 Å². The molecule has 12 nitrogen and oxygen atoms in total. The summed E-state index contributed by atoms with van der Waals surface area (Å²) in [5.41, 5.74) is 5.40. The zero-order chi connectivity index (χ0) is 31.2. The highest BCUT2D eigenvalue weighted by atomic mass is 32.2. The molecule has 6 rings (SSSR count). The van der Waals surface area contributed by atoms with Gasteiger partial charge in [0.15, 0.2) is 5.75 Å². The van der Waals surface area contributed by atoms with Gasteiger partial charge in [0.2, 0.25) is 0 Å². The molecule has 0 aliphatic rings. The van der Waals surface area contributed by atoms with Crippen molar-refractivity contribution < 1.29 is 31.0 Å². The van der Waals surface area contributed by atoms with E-state index in [0.29, 0.717) is 22.1 Å². The molecule has 0 aliphatic heterocycles. The number of nitrogen functional groups attached to an aromatic ring is 1. The van der Waals surface area contributed by atoms with Crippen LogP contribution in [0.5, 0.6) is 5.75 Å². The molecule has 0 radical (unpaired) electrons. The van der Waals surface area contributed by atoms with E-state index in [9.17, 15) is 31.0 Å². The molecule has 0 fully saturated rings. The van der Waals surface area contributed by atoms with E-state index in [0.717, 1.165) is 22.9 Å². The molecule has 0 bridgehead atoms. The van der Waals surface area contributed by atoms with Gasteiger partial charge in [-0.25, -0.2) is 0 Å². The maximum absolute atomic E-state index is 12.4. The molecule has 0 spiro atoms. The predicted molar refractivity (Wildman–Crippen MR) is 166 cm³/mol. The van der Waals surface area contributed by atoms with Crippen LogP contribution in [0.2, 0.25) is 0 Å². The maximum atomic E-state index is 12.4. The van der Waals surface area contributed by atoms with Crippen LogP contribution in [0.1, 0.15) is 0 Å². The summed E-state index contributed by atoms with van der Waals surface area (Å²) in [6.07, 6.45) is 0. The lowest BCUT2D eigenvalue weighted by Gasteiger charge is -2.14. The summed E-state index contributed by atoms with van der Waals surface area (Å²) in [6.45, 7) is 0. The summed E-state index contributed by atoms with van der Waals surface area (Å²) in [5.74, 6) is -0.833. The Labute approximate surface area is 250 Å². The summed E-state index contributed by atoms with van der Waals surface area (Å²) < 4.78 is 69.6. The second-order valence-corrected chi connectivity index (χ2v) is 12.4. The molecule has 5 N–H and O–H groups in total. The van der Waals surface area contributed by atoms with Gasteiger partial charge in [-0.05, 0) is 40.4 Å². The fourth-order valence-corrected chi connectivity index (χ4v) is 6.23. The molecule has 0 saturated heterocycles. The van der Waals surface area contributed by atoms with E-state index in [1.54, 1.807) is 48.5 Å². The highest BCUT2D eigenvalue weighted by molar-refractivity contribution is 7.86. The first-order chi connectivity index (χ1) is 20.9. The Morgan fingerprint density at radius 2 is 0.977 bits per heavy atom. The van der Waals surface area contributed by atoms with Gasteiger partial charge in [-0.1, -0.05) is 72.8 Å². The van der Waals surface area contributed by atoms with Gasteiger partial charge in [0.05, 0.1) is 22.4 Å². The molecule has 0 atom stereocenters. The number of anilines is 1. The number of azo groups is 2. The molecular weight excluding hydrogens is 606 g/mol. The summed E-state index contributed by atoms with van der Waals surface area (Å²) in [5, 5.41) is 30.2. The van der Waals surface area contributed by atoms with Crippen molar-refractivity contribution in [3.63, 3.8) is 0 Å². The van der Waals surface area contributed by atoms with Gasteiger partial charge >= 0.3 is 0 Å². The van der Waals surface area contributed by atoms with Crippen LogP contribution in [0.3, 0.4) is 0 Å². The summed E-state index contributed by atoms with van der Waals surface area (Å²) >= 11 is 0. The zero-order valence-electron chi connectivity index (χ0n) is 22.4. The van der Waals surface area contributed by atoms with Crippen LogP contribution < -0.4 is 5.73 Å². The number of hydrogen-bond acceptors (Lipinski definition) is 10. The van der Waals surface area contributed by atoms with E-state index in [-0.39, 0.29) is 10.8 Å². The first kappa shape index (κ1) is 28.8. The molecule has 6 aromatic rings. The Morgan fingerprint density at radius 1 is 0.545 bits per heavy atom. The average Bonchev–Trinajstić information content (AvgIpc) is 2.98. The molecule has 0 aliphatic carbocycles. The number of rotatable bonds is 6. The van der Waals surface area contributed by atoms with E-state index in [2.05, 4.69) is 20.5 Å². The topological polar surface area (TPSA) is 204 Å². The molecule has 6 aromatic carbocycles. The number of benzene rings is 6. The number of nitrogens with zero attached hydrogens (tertiary/aromatic N) is 4. The van der Waals surface area contributed by atoms with Crippen LogP contribution in [0.4, 0.5) is 28.4 Å². The minimum absolute atomic E-state index is 0.256. The van der Waals surface area contributed by atoms with E-state index in [4.69, 9.17) is 5.73 Å². The normalized spacial score (nSPS) is 12.7. The highest BCUT2D eigenvalue weighted by Crippen LogP contribution is 2.48. The van der Waals surface area contributed by atoms with Crippen molar-refractivity contribution in [3.8, 4) is 5.75 Å². The first-order valence-corrected chi connectivity index (χ1v) is 15.7. The SMILES string of the molecule is Nc1c(N=Nc2cccc3ccccc23)c(S(=O)(=O)O)cc2cc(S(=O)(=O)O)c(N=Nc3cccc4ccccc34)c(O)c12. The Balaban J connectivity index is 1.60. The second kappa shape index (κ2) is 10.8. The fraction of sp³-hybridized carbons (Fsp3) is 0. The standard InChI is InChI=1S/C30H21N5O7S2/c31-27-26-19(15-24(43(37,38)39)28(27)34-32-22-13-5-9-17-7-1-3-11-20(17)22)16-25(44(40,41)42)29(30(26)36)35-33-23-14-6-10-18-8-2-4-12-21(18)23/h1-16,36H,31H2,(H,37,38,39)(H,40,41,42). The third-order valence-corrected chi connectivity index (χ3v) is 8.65. The van der Waals surface area contributed by atoms with E-state index >= 15 is 0 Å². The van der Waals surface area contributed by atoms with Crippen molar-refractivity contribution in [1.82, 2.24) is 0 Å². The van der Waals surface area contributed by atoms with Gasteiger partial charge in [0, 0.05) is 10.8 Å². The third-order valence-electron chi connectivity index (χ3n) is 6.92. The molecule has 0 saturated carbocycles. The van der Waals surface area contributed by atoms with E-state index < -0.39 is 52.8 Å². The largest absolute Gasteiger partial charge is 0.505 e. The molecular formula is C30H21N5O7S2. The van der Waals surface area contributed by atoms with Crippen LogP contribution in [-0.4, -0.2) is 31.0 Å².